The molecule has 13 heavy (non-hydrogen) atoms. The van der Waals surface area contributed by atoms with Crippen molar-refractivity contribution in [1.82, 2.24) is 9.78 Å². The molecular formula is C10H15ClN2. The van der Waals surface area contributed by atoms with E-state index in [1.807, 2.05) is 10.7 Å². The van der Waals surface area contributed by atoms with Gasteiger partial charge in [0.1, 0.15) is 5.15 Å². The fraction of sp³-hybridized carbons (Fsp3) is 0.700. The number of aromatic nitrogens is 2. The third-order valence-corrected chi connectivity index (χ3v) is 2.59. The Kier molecular flexibility index (Phi) is 2.33. The van der Waals surface area contributed by atoms with Crippen LogP contribution in [0, 0.1) is 5.92 Å². The van der Waals surface area contributed by atoms with Gasteiger partial charge >= 0.3 is 0 Å². The average molecular weight is 199 g/mol. The van der Waals surface area contributed by atoms with E-state index in [2.05, 4.69) is 18.9 Å². The quantitative estimate of drug-likeness (QED) is 0.730. The summed E-state index contributed by atoms with van der Waals surface area (Å²) in [5.74, 6) is 1.30. The lowest BCUT2D eigenvalue weighted by molar-refractivity contribution is 0.480. The molecule has 2 nitrogen and oxygen atoms in total. The molecule has 0 radical (unpaired) electrons. The standard InChI is InChI=1S/C10H15ClN2/c1-7(2)6-13-10(11)5-9(12-13)8-3-4-8/h5,7-8H,3-4,6H2,1-2H3. The van der Waals surface area contributed by atoms with E-state index in [9.17, 15) is 0 Å². The molecule has 0 unspecified atom stereocenters. The van der Waals surface area contributed by atoms with Crippen LogP contribution in [0.25, 0.3) is 0 Å². The van der Waals surface area contributed by atoms with Crippen LogP contribution >= 0.6 is 11.6 Å². The molecule has 1 fully saturated rings. The van der Waals surface area contributed by atoms with Crippen LogP contribution < -0.4 is 0 Å². The average Bonchev–Trinajstić information content (AvgIpc) is 2.79. The Morgan fingerprint density at radius 3 is 2.85 bits per heavy atom. The highest BCUT2D eigenvalue weighted by molar-refractivity contribution is 6.29. The Bertz CT molecular complexity index is 300. The minimum Gasteiger partial charge on any atom is -0.253 e. The van der Waals surface area contributed by atoms with Crippen molar-refractivity contribution in [2.45, 2.75) is 39.2 Å². The van der Waals surface area contributed by atoms with Crippen molar-refractivity contribution in [2.75, 3.05) is 0 Å². The Morgan fingerprint density at radius 1 is 1.62 bits per heavy atom. The zero-order valence-electron chi connectivity index (χ0n) is 8.13. The summed E-state index contributed by atoms with van der Waals surface area (Å²) in [6.45, 7) is 5.27. The third kappa shape index (κ3) is 2.05. The van der Waals surface area contributed by atoms with E-state index in [1.165, 1.54) is 18.5 Å². The zero-order valence-corrected chi connectivity index (χ0v) is 8.88. The molecule has 0 aromatic carbocycles. The molecule has 0 bridgehead atoms. The minimum atomic E-state index is 0.601. The molecule has 0 saturated heterocycles. The summed E-state index contributed by atoms with van der Waals surface area (Å²) in [5, 5.41) is 5.28. The summed E-state index contributed by atoms with van der Waals surface area (Å²) in [5.41, 5.74) is 1.19. The monoisotopic (exact) mass is 198 g/mol. The zero-order chi connectivity index (χ0) is 9.42. The molecule has 1 aliphatic carbocycles. The second-order valence-electron chi connectivity index (χ2n) is 4.24. The second-order valence-corrected chi connectivity index (χ2v) is 4.63. The molecule has 0 aliphatic heterocycles. The van der Waals surface area contributed by atoms with Gasteiger partial charge in [0.2, 0.25) is 0 Å². The van der Waals surface area contributed by atoms with Crippen molar-refractivity contribution in [1.29, 1.82) is 0 Å². The summed E-state index contributed by atoms with van der Waals surface area (Å²) in [6.07, 6.45) is 2.57. The van der Waals surface area contributed by atoms with Crippen LogP contribution in [0.4, 0.5) is 0 Å². The fourth-order valence-corrected chi connectivity index (χ4v) is 1.68. The first-order chi connectivity index (χ1) is 6.16. The normalized spacial score (nSPS) is 16.9. The maximum Gasteiger partial charge on any atom is 0.127 e. The summed E-state index contributed by atoms with van der Waals surface area (Å²) < 4.78 is 1.92. The molecule has 0 N–H and O–H groups in total. The first-order valence-corrected chi connectivity index (χ1v) is 5.28. The molecular weight excluding hydrogens is 184 g/mol. The molecule has 0 atom stereocenters. The van der Waals surface area contributed by atoms with Gasteiger partial charge in [0.25, 0.3) is 0 Å². The lowest BCUT2D eigenvalue weighted by Crippen LogP contribution is -2.06. The summed E-state index contributed by atoms with van der Waals surface area (Å²) in [4.78, 5) is 0. The number of halogens is 1. The third-order valence-electron chi connectivity index (χ3n) is 2.28. The van der Waals surface area contributed by atoms with Crippen LogP contribution in [0.5, 0.6) is 0 Å². The van der Waals surface area contributed by atoms with E-state index < -0.39 is 0 Å². The first kappa shape index (κ1) is 9.07. The topological polar surface area (TPSA) is 17.8 Å². The van der Waals surface area contributed by atoms with Crippen LogP contribution in [0.2, 0.25) is 5.15 Å². The van der Waals surface area contributed by atoms with Crippen molar-refractivity contribution in [3.05, 3.63) is 16.9 Å². The Labute approximate surface area is 83.9 Å². The van der Waals surface area contributed by atoms with E-state index in [-0.39, 0.29) is 0 Å². The number of hydrogen-bond acceptors (Lipinski definition) is 1. The van der Waals surface area contributed by atoms with E-state index in [0.717, 1.165) is 11.7 Å². The maximum atomic E-state index is 6.06. The maximum absolute atomic E-state index is 6.06. The molecule has 2 rings (SSSR count). The van der Waals surface area contributed by atoms with Crippen LogP contribution in [0.3, 0.4) is 0 Å². The molecule has 1 heterocycles. The van der Waals surface area contributed by atoms with Gasteiger partial charge in [0.05, 0.1) is 5.69 Å². The van der Waals surface area contributed by atoms with Gasteiger partial charge in [-0.05, 0) is 24.8 Å². The minimum absolute atomic E-state index is 0.601. The van der Waals surface area contributed by atoms with Gasteiger partial charge in [0.15, 0.2) is 0 Å². The highest BCUT2D eigenvalue weighted by Gasteiger charge is 2.26. The summed E-state index contributed by atoms with van der Waals surface area (Å²) in [6, 6.07) is 2.02. The van der Waals surface area contributed by atoms with Gasteiger partial charge in [-0.3, -0.25) is 4.68 Å². The SMILES string of the molecule is CC(C)Cn1nc(C2CC2)cc1Cl. The highest BCUT2D eigenvalue weighted by Crippen LogP contribution is 2.39. The van der Waals surface area contributed by atoms with Crippen molar-refractivity contribution in [3.8, 4) is 0 Å². The van der Waals surface area contributed by atoms with Gasteiger partial charge in [-0.2, -0.15) is 5.10 Å². The lowest BCUT2D eigenvalue weighted by atomic mass is 10.2. The number of hydrogen-bond donors (Lipinski definition) is 0. The van der Waals surface area contributed by atoms with Crippen molar-refractivity contribution in [3.63, 3.8) is 0 Å². The van der Waals surface area contributed by atoms with Gasteiger partial charge in [0, 0.05) is 12.5 Å². The number of nitrogens with zero attached hydrogens (tertiary/aromatic N) is 2. The smallest absolute Gasteiger partial charge is 0.127 e. The molecule has 1 aliphatic rings. The Balaban J connectivity index is 2.15. The lowest BCUT2D eigenvalue weighted by Gasteiger charge is -2.05. The van der Waals surface area contributed by atoms with E-state index in [1.54, 1.807) is 0 Å². The largest absolute Gasteiger partial charge is 0.253 e. The highest BCUT2D eigenvalue weighted by atomic mass is 35.5. The molecule has 1 saturated carbocycles. The summed E-state index contributed by atoms with van der Waals surface area (Å²) in [7, 11) is 0. The summed E-state index contributed by atoms with van der Waals surface area (Å²) >= 11 is 6.06. The van der Waals surface area contributed by atoms with Crippen LogP contribution in [-0.2, 0) is 6.54 Å². The van der Waals surface area contributed by atoms with Crippen LogP contribution in [0.15, 0.2) is 6.07 Å². The Hall–Kier alpha value is -0.500. The Morgan fingerprint density at radius 2 is 2.31 bits per heavy atom. The predicted molar refractivity (Wildman–Crippen MR) is 54.1 cm³/mol. The number of rotatable bonds is 3. The predicted octanol–water partition coefficient (Wildman–Crippen LogP) is 3.07. The van der Waals surface area contributed by atoms with Gasteiger partial charge in [-0.1, -0.05) is 25.4 Å². The van der Waals surface area contributed by atoms with Crippen molar-refractivity contribution in [2.24, 2.45) is 5.92 Å². The van der Waals surface area contributed by atoms with Crippen LogP contribution in [-0.4, -0.2) is 9.78 Å². The molecule has 3 heteroatoms. The van der Waals surface area contributed by atoms with Gasteiger partial charge < -0.3 is 0 Å². The molecule has 1 aromatic rings. The molecule has 0 amide bonds. The van der Waals surface area contributed by atoms with Gasteiger partial charge in [-0.25, -0.2) is 0 Å². The van der Waals surface area contributed by atoms with Crippen LogP contribution in [0.1, 0.15) is 38.3 Å². The van der Waals surface area contributed by atoms with Crippen molar-refractivity contribution < 1.29 is 0 Å². The first-order valence-electron chi connectivity index (χ1n) is 4.90. The van der Waals surface area contributed by atoms with E-state index in [4.69, 9.17) is 11.6 Å². The second kappa shape index (κ2) is 3.33. The molecule has 0 spiro atoms. The fourth-order valence-electron chi connectivity index (χ4n) is 1.47. The van der Waals surface area contributed by atoms with Crippen molar-refractivity contribution >= 4 is 11.6 Å². The van der Waals surface area contributed by atoms with E-state index in [0.29, 0.717) is 11.8 Å². The van der Waals surface area contributed by atoms with Gasteiger partial charge in [-0.15, -0.1) is 0 Å². The molecule has 1 aromatic heterocycles. The van der Waals surface area contributed by atoms with E-state index >= 15 is 0 Å². The molecule has 72 valence electrons.